The van der Waals surface area contributed by atoms with E-state index in [4.69, 9.17) is 9.47 Å². The Hall–Kier alpha value is -2.82. The molecule has 1 saturated heterocycles. The Balaban J connectivity index is 1.78. The second kappa shape index (κ2) is 7.46. The van der Waals surface area contributed by atoms with Gasteiger partial charge in [0.15, 0.2) is 5.78 Å². The van der Waals surface area contributed by atoms with Gasteiger partial charge in [-0.05, 0) is 30.7 Å². The largest absolute Gasteiger partial charge is 0.507 e. The maximum Gasteiger partial charge on any atom is 0.229 e. The van der Waals surface area contributed by atoms with Crippen LogP contribution in [0.15, 0.2) is 30.3 Å². The number of carbonyl (C=O) groups is 2. The quantitative estimate of drug-likeness (QED) is 0.386. The van der Waals surface area contributed by atoms with E-state index in [1.165, 1.54) is 30.3 Å². The number of aromatic hydroxyl groups is 1. The number of hydrogen-bond acceptors (Lipinski definition) is 9. The molecule has 2 aromatic rings. The number of aliphatic hydroxyl groups is 4. The van der Waals surface area contributed by atoms with Crippen molar-refractivity contribution in [3.63, 3.8) is 0 Å². The molecule has 0 saturated carbocycles. The van der Waals surface area contributed by atoms with Gasteiger partial charge in [-0.2, -0.15) is 0 Å². The zero-order valence-corrected chi connectivity index (χ0v) is 15.8. The van der Waals surface area contributed by atoms with Crippen LogP contribution >= 0.6 is 0 Å². The molecule has 2 aliphatic rings. The smallest absolute Gasteiger partial charge is 0.229 e. The third-order valence-corrected chi connectivity index (χ3v) is 5.32. The fourth-order valence-corrected chi connectivity index (χ4v) is 3.79. The Morgan fingerprint density at radius 1 is 0.967 bits per heavy atom. The van der Waals surface area contributed by atoms with Gasteiger partial charge in [0.2, 0.25) is 12.1 Å². The lowest BCUT2D eigenvalue weighted by Crippen LogP contribution is -2.60. The zero-order chi connectivity index (χ0) is 21.7. The molecule has 1 aliphatic carbocycles. The molecule has 0 unspecified atom stereocenters. The van der Waals surface area contributed by atoms with Crippen LogP contribution in [0.1, 0.15) is 37.4 Å². The molecule has 5 atom stereocenters. The number of carbonyl (C=O) groups excluding carboxylic acids is 2. The third kappa shape index (κ3) is 3.08. The summed E-state index contributed by atoms with van der Waals surface area (Å²) in [6.07, 6.45) is -7.64. The Labute approximate surface area is 170 Å². The first-order valence-electron chi connectivity index (χ1n) is 9.27. The first-order valence-corrected chi connectivity index (χ1v) is 9.27. The molecule has 1 aliphatic heterocycles. The average Bonchev–Trinajstić information content (AvgIpc) is 2.71. The monoisotopic (exact) mass is 416 g/mol. The summed E-state index contributed by atoms with van der Waals surface area (Å²) in [6, 6.07) is 7.17. The predicted octanol–water partition coefficient (Wildman–Crippen LogP) is -0.345. The molecule has 0 amide bonds. The Bertz CT molecular complexity index is 1030. The van der Waals surface area contributed by atoms with E-state index in [0.29, 0.717) is 5.56 Å². The van der Waals surface area contributed by atoms with E-state index in [9.17, 15) is 35.1 Å². The SMILES string of the molecule is Cc1cc(O[C@@H]2O[C@H](CO)[C@@H](O)[C@@H](O)[C@H]2O)c2c(c1)C(=O)c1cccc(O)c1C2=O. The summed E-state index contributed by atoms with van der Waals surface area (Å²) in [5.41, 5.74) is 0.446. The van der Waals surface area contributed by atoms with Gasteiger partial charge in [-0.25, -0.2) is 0 Å². The third-order valence-electron chi connectivity index (χ3n) is 5.32. The molecule has 2 aromatic carbocycles. The normalized spacial score (nSPS) is 28.1. The lowest BCUT2D eigenvalue weighted by Gasteiger charge is -2.39. The molecule has 0 spiro atoms. The van der Waals surface area contributed by atoms with E-state index >= 15 is 0 Å². The molecule has 0 radical (unpaired) electrons. The fourth-order valence-electron chi connectivity index (χ4n) is 3.79. The van der Waals surface area contributed by atoms with Gasteiger partial charge in [0.25, 0.3) is 0 Å². The summed E-state index contributed by atoms with van der Waals surface area (Å²) in [7, 11) is 0. The van der Waals surface area contributed by atoms with E-state index < -0.39 is 48.9 Å². The number of hydrogen-bond donors (Lipinski definition) is 5. The van der Waals surface area contributed by atoms with E-state index in [1.807, 2.05) is 0 Å². The molecule has 1 fully saturated rings. The topological polar surface area (TPSA) is 154 Å². The van der Waals surface area contributed by atoms with Gasteiger partial charge < -0.3 is 35.0 Å². The van der Waals surface area contributed by atoms with Crippen molar-refractivity contribution in [3.05, 3.63) is 58.1 Å². The van der Waals surface area contributed by atoms with Gasteiger partial charge in [-0.15, -0.1) is 0 Å². The highest BCUT2D eigenvalue weighted by Crippen LogP contribution is 2.38. The number of aryl methyl sites for hydroxylation is 1. The molecule has 4 rings (SSSR count). The summed E-state index contributed by atoms with van der Waals surface area (Å²) < 4.78 is 11.0. The molecule has 5 N–H and O–H groups in total. The lowest BCUT2D eigenvalue weighted by molar-refractivity contribution is -0.277. The van der Waals surface area contributed by atoms with Crippen LogP contribution in [0, 0.1) is 6.92 Å². The number of rotatable bonds is 3. The van der Waals surface area contributed by atoms with Crippen LogP contribution < -0.4 is 4.74 Å². The van der Waals surface area contributed by atoms with Crippen molar-refractivity contribution in [2.45, 2.75) is 37.6 Å². The summed E-state index contributed by atoms with van der Waals surface area (Å²) in [5.74, 6) is -1.56. The molecule has 30 heavy (non-hydrogen) atoms. The Morgan fingerprint density at radius 2 is 1.70 bits per heavy atom. The molecule has 158 valence electrons. The maximum atomic E-state index is 13.1. The summed E-state index contributed by atoms with van der Waals surface area (Å²) >= 11 is 0. The highest BCUT2D eigenvalue weighted by Gasteiger charge is 2.45. The van der Waals surface area contributed by atoms with Crippen LogP contribution in [-0.4, -0.2) is 74.4 Å². The van der Waals surface area contributed by atoms with Crippen LogP contribution in [0.5, 0.6) is 11.5 Å². The minimum Gasteiger partial charge on any atom is -0.507 e. The van der Waals surface area contributed by atoms with Crippen LogP contribution in [0.4, 0.5) is 0 Å². The maximum absolute atomic E-state index is 13.1. The number of phenolic OH excluding ortho intramolecular Hbond substituents is 1. The van der Waals surface area contributed by atoms with E-state index in [1.54, 1.807) is 6.92 Å². The molecule has 9 heteroatoms. The number of fused-ring (bicyclic) bond motifs is 2. The van der Waals surface area contributed by atoms with Crippen molar-refractivity contribution < 1.29 is 44.6 Å². The van der Waals surface area contributed by atoms with Gasteiger partial charge >= 0.3 is 0 Å². The van der Waals surface area contributed by atoms with Crippen molar-refractivity contribution in [1.82, 2.24) is 0 Å². The second-order valence-corrected chi connectivity index (χ2v) is 7.36. The first kappa shape index (κ1) is 20.5. The highest BCUT2D eigenvalue weighted by molar-refractivity contribution is 6.30. The van der Waals surface area contributed by atoms with Crippen molar-refractivity contribution in [1.29, 1.82) is 0 Å². The fraction of sp³-hybridized carbons (Fsp3) is 0.333. The number of phenols is 1. The Kier molecular flexibility index (Phi) is 5.08. The second-order valence-electron chi connectivity index (χ2n) is 7.36. The lowest BCUT2D eigenvalue weighted by atomic mass is 9.82. The molecule has 9 nitrogen and oxygen atoms in total. The van der Waals surface area contributed by atoms with Crippen LogP contribution in [0.3, 0.4) is 0 Å². The molecule has 0 bridgehead atoms. The average molecular weight is 416 g/mol. The summed E-state index contributed by atoms with van der Waals surface area (Å²) in [5, 5.41) is 49.6. The van der Waals surface area contributed by atoms with Gasteiger partial charge in [0.05, 0.1) is 17.7 Å². The minimum atomic E-state index is -1.69. The van der Waals surface area contributed by atoms with E-state index in [2.05, 4.69) is 0 Å². The van der Waals surface area contributed by atoms with E-state index in [0.717, 1.165) is 0 Å². The van der Waals surface area contributed by atoms with E-state index in [-0.39, 0.29) is 33.8 Å². The molecule has 1 heterocycles. The van der Waals surface area contributed by atoms with Gasteiger partial charge in [-0.3, -0.25) is 9.59 Å². The number of ketones is 2. The van der Waals surface area contributed by atoms with Crippen molar-refractivity contribution in [3.8, 4) is 11.5 Å². The Morgan fingerprint density at radius 3 is 2.40 bits per heavy atom. The number of aliphatic hydroxyl groups excluding tert-OH is 4. The molecular weight excluding hydrogens is 396 g/mol. The van der Waals surface area contributed by atoms with Gasteiger partial charge in [-0.1, -0.05) is 12.1 Å². The number of benzene rings is 2. The van der Waals surface area contributed by atoms with Crippen LogP contribution in [0.25, 0.3) is 0 Å². The summed E-state index contributed by atoms with van der Waals surface area (Å²) in [6.45, 7) is 1.03. The van der Waals surface area contributed by atoms with Crippen LogP contribution in [-0.2, 0) is 4.74 Å². The standard InChI is InChI=1S/C21H20O9/c1-8-5-10-15(18(26)14-9(16(10)24)3-2-4-11(14)23)12(6-8)29-21-20(28)19(27)17(25)13(7-22)30-21/h2-6,13,17,19-23,25,27-28H,7H2,1H3/t13-,17-,19-,20-,21-/m1/s1. The van der Waals surface area contributed by atoms with Gasteiger partial charge in [0, 0.05) is 11.1 Å². The highest BCUT2D eigenvalue weighted by atomic mass is 16.7. The zero-order valence-electron chi connectivity index (χ0n) is 15.8. The van der Waals surface area contributed by atoms with Crippen molar-refractivity contribution in [2.75, 3.05) is 6.61 Å². The van der Waals surface area contributed by atoms with Crippen molar-refractivity contribution in [2.24, 2.45) is 0 Å². The molecular formula is C21H20O9. The minimum absolute atomic E-state index is 0.0666. The van der Waals surface area contributed by atoms with Crippen molar-refractivity contribution >= 4 is 11.6 Å². The summed E-state index contributed by atoms with van der Waals surface area (Å²) in [4.78, 5) is 26.1. The first-order chi connectivity index (χ1) is 14.2. The van der Waals surface area contributed by atoms with Crippen LogP contribution in [0.2, 0.25) is 0 Å². The number of ether oxygens (including phenoxy) is 2. The van der Waals surface area contributed by atoms with Gasteiger partial charge in [0.1, 0.15) is 35.9 Å². The predicted molar refractivity (Wildman–Crippen MR) is 101 cm³/mol. The molecule has 0 aromatic heterocycles.